The van der Waals surface area contributed by atoms with E-state index >= 15 is 0 Å². The van der Waals surface area contributed by atoms with Crippen molar-refractivity contribution in [2.24, 2.45) is 23.2 Å². The molecule has 0 heterocycles. The second-order valence-corrected chi connectivity index (χ2v) is 5.51. The van der Waals surface area contributed by atoms with E-state index in [-0.39, 0.29) is 5.92 Å². The van der Waals surface area contributed by atoms with Gasteiger partial charge in [-0.2, -0.15) is 0 Å². The summed E-state index contributed by atoms with van der Waals surface area (Å²) in [5, 5.41) is 8.81. The summed E-state index contributed by atoms with van der Waals surface area (Å²) in [6.07, 6.45) is 4.71. The van der Waals surface area contributed by atoms with Gasteiger partial charge < -0.3 is 5.11 Å². The van der Waals surface area contributed by atoms with Crippen molar-refractivity contribution in [2.75, 3.05) is 0 Å². The van der Waals surface area contributed by atoms with Gasteiger partial charge in [0.05, 0.1) is 5.92 Å². The van der Waals surface area contributed by atoms with Crippen LogP contribution in [-0.2, 0) is 4.79 Å². The van der Waals surface area contributed by atoms with Gasteiger partial charge in [0.1, 0.15) is 0 Å². The molecule has 2 nitrogen and oxygen atoms in total. The summed E-state index contributed by atoms with van der Waals surface area (Å²) in [6.45, 7) is 4.59. The molecule has 3 atom stereocenters. The first-order valence-electron chi connectivity index (χ1n) is 5.22. The molecule has 2 heteroatoms. The first kappa shape index (κ1) is 9.04. The summed E-state index contributed by atoms with van der Waals surface area (Å²) in [5.74, 6) is 0.643. The zero-order valence-corrected chi connectivity index (χ0v) is 8.42. The van der Waals surface area contributed by atoms with Crippen LogP contribution in [0.3, 0.4) is 0 Å². The molecule has 0 saturated heterocycles. The molecular weight excluding hydrogens is 164 g/mol. The van der Waals surface area contributed by atoms with Gasteiger partial charge in [-0.3, -0.25) is 4.79 Å². The minimum atomic E-state index is -0.574. The van der Waals surface area contributed by atoms with E-state index in [2.05, 4.69) is 13.8 Å². The van der Waals surface area contributed by atoms with Crippen LogP contribution in [0.4, 0.5) is 0 Å². The van der Waals surface area contributed by atoms with Crippen LogP contribution >= 0.6 is 0 Å². The van der Waals surface area contributed by atoms with Crippen molar-refractivity contribution in [3.63, 3.8) is 0 Å². The van der Waals surface area contributed by atoms with Gasteiger partial charge in [-0.25, -0.2) is 0 Å². The third kappa shape index (κ3) is 1.72. The fraction of sp³-hybridized carbons (Fsp3) is 0.909. The molecule has 0 spiro atoms. The van der Waals surface area contributed by atoms with Crippen LogP contribution in [0.5, 0.6) is 0 Å². The van der Waals surface area contributed by atoms with Gasteiger partial charge in [0, 0.05) is 0 Å². The van der Waals surface area contributed by atoms with E-state index in [0.29, 0.717) is 17.3 Å². The van der Waals surface area contributed by atoms with Crippen molar-refractivity contribution in [1.82, 2.24) is 0 Å². The highest BCUT2D eigenvalue weighted by atomic mass is 16.4. The van der Waals surface area contributed by atoms with Gasteiger partial charge >= 0.3 is 5.97 Å². The molecule has 1 N–H and O–H groups in total. The number of hydrogen-bond acceptors (Lipinski definition) is 1. The van der Waals surface area contributed by atoms with Crippen molar-refractivity contribution in [1.29, 1.82) is 0 Å². The monoisotopic (exact) mass is 182 g/mol. The molecule has 0 bridgehead atoms. The number of rotatable bonds is 2. The van der Waals surface area contributed by atoms with Gasteiger partial charge in [-0.1, -0.05) is 13.8 Å². The molecule has 2 rings (SSSR count). The quantitative estimate of drug-likeness (QED) is 0.712. The number of carboxylic acid groups (broad SMARTS) is 1. The van der Waals surface area contributed by atoms with Gasteiger partial charge in [0.15, 0.2) is 0 Å². The third-order valence-corrected chi connectivity index (χ3v) is 3.77. The molecule has 2 fully saturated rings. The fourth-order valence-electron chi connectivity index (χ4n) is 2.88. The molecule has 0 aliphatic heterocycles. The lowest BCUT2D eigenvalue weighted by Crippen LogP contribution is -2.09. The summed E-state index contributed by atoms with van der Waals surface area (Å²) in [4.78, 5) is 10.7. The van der Waals surface area contributed by atoms with E-state index in [9.17, 15) is 4.79 Å². The van der Waals surface area contributed by atoms with Gasteiger partial charge in [0.2, 0.25) is 0 Å². The maximum atomic E-state index is 10.7. The summed E-state index contributed by atoms with van der Waals surface area (Å²) in [7, 11) is 0. The number of hydrogen-bond donors (Lipinski definition) is 1. The Hall–Kier alpha value is -0.530. The smallest absolute Gasteiger partial charge is 0.306 e. The molecule has 2 aliphatic rings. The predicted octanol–water partition coefficient (Wildman–Crippen LogP) is 2.53. The summed E-state index contributed by atoms with van der Waals surface area (Å²) < 4.78 is 0. The largest absolute Gasteiger partial charge is 0.481 e. The molecule has 0 aromatic rings. The lowest BCUT2D eigenvalue weighted by Gasteiger charge is -2.16. The zero-order chi connectivity index (χ0) is 9.64. The van der Waals surface area contributed by atoms with Crippen LogP contribution in [0.2, 0.25) is 0 Å². The van der Waals surface area contributed by atoms with Crippen LogP contribution in [0.25, 0.3) is 0 Å². The molecule has 0 aromatic heterocycles. The van der Waals surface area contributed by atoms with E-state index in [1.54, 1.807) is 0 Å². The SMILES string of the molecule is CC1(C)CCC([C@@H]2C[C@H]2C(=O)O)C1. The van der Waals surface area contributed by atoms with Crippen molar-refractivity contribution in [2.45, 2.75) is 39.5 Å². The lowest BCUT2D eigenvalue weighted by atomic mass is 9.89. The molecule has 0 radical (unpaired) electrons. The van der Waals surface area contributed by atoms with Crippen molar-refractivity contribution < 1.29 is 9.90 Å². The zero-order valence-electron chi connectivity index (χ0n) is 8.42. The molecule has 0 amide bonds. The predicted molar refractivity (Wildman–Crippen MR) is 50.4 cm³/mol. The Morgan fingerprint density at radius 1 is 1.46 bits per heavy atom. The van der Waals surface area contributed by atoms with Crippen molar-refractivity contribution in [3.05, 3.63) is 0 Å². The first-order valence-corrected chi connectivity index (χ1v) is 5.22. The maximum Gasteiger partial charge on any atom is 0.306 e. The van der Waals surface area contributed by atoms with E-state index in [1.807, 2.05) is 0 Å². The van der Waals surface area contributed by atoms with E-state index in [0.717, 1.165) is 6.42 Å². The highest BCUT2D eigenvalue weighted by Crippen LogP contribution is 2.54. The number of carboxylic acids is 1. The van der Waals surface area contributed by atoms with Gasteiger partial charge in [-0.05, 0) is 42.9 Å². The summed E-state index contributed by atoms with van der Waals surface area (Å²) in [6, 6.07) is 0. The van der Waals surface area contributed by atoms with Crippen LogP contribution < -0.4 is 0 Å². The standard InChI is InChI=1S/C11H18O2/c1-11(2)4-3-7(6-11)8-5-9(8)10(12)13/h7-9H,3-6H2,1-2H3,(H,12,13)/t7?,8-,9+/m0/s1. The normalized spacial score (nSPS) is 41.8. The minimum Gasteiger partial charge on any atom is -0.481 e. The van der Waals surface area contributed by atoms with E-state index in [4.69, 9.17) is 5.11 Å². The second-order valence-electron chi connectivity index (χ2n) is 5.51. The summed E-state index contributed by atoms with van der Waals surface area (Å²) in [5.41, 5.74) is 0.469. The third-order valence-electron chi connectivity index (χ3n) is 3.77. The van der Waals surface area contributed by atoms with Crippen molar-refractivity contribution >= 4 is 5.97 Å². The Morgan fingerprint density at radius 3 is 2.54 bits per heavy atom. The maximum absolute atomic E-state index is 10.7. The Balaban J connectivity index is 1.89. The first-order chi connectivity index (χ1) is 5.99. The average molecular weight is 182 g/mol. The Morgan fingerprint density at radius 2 is 2.15 bits per heavy atom. The van der Waals surface area contributed by atoms with Gasteiger partial charge in [-0.15, -0.1) is 0 Å². The van der Waals surface area contributed by atoms with Gasteiger partial charge in [0.25, 0.3) is 0 Å². The molecule has 1 unspecified atom stereocenters. The highest BCUT2D eigenvalue weighted by molar-refractivity contribution is 5.73. The second kappa shape index (κ2) is 2.73. The van der Waals surface area contributed by atoms with Crippen LogP contribution in [0.15, 0.2) is 0 Å². The Kier molecular flexibility index (Phi) is 1.90. The number of aliphatic carboxylic acids is 1. The van der Waals surface area contributed by atoms with Crippen LogP contribution in [0, 0.1) is 23.2 Å². The number of carbonyl (C=O) groups is 1. The van der Waals surface area contributed by atoms with Crippen molar-refractivity contribution in [3.8, 4) is 0 Å². The van der Waals surface area contributed by atoms with Crippen LogP contribution in [-0.4, -0.2) is 11.1 Å². The minimum absolute atomic E-state index is 0.00102. The molecular formula is C11H18O2. The van der Waals surface area contributed by atoms with Crippen LogP contribution in [0.1, 0.15) is 39.5 Å². The Bertz CT molecular complexity index is 232. The van der Waals surface area contributed by atoms with E-state index in [1.165, 1.54) is 19.3 Å². The summed E-state index contributed by atoms with van der Waals surface area (Å²) >= 11 is 0. The lowest BCUT2D eigenvalue weighted by molar-refractivity contribution is -0.139. The molecule has 2 aliphatic carbocycles. The fourth-order valence-corrected chi connectivity index (χ4v) is 2.88. The van der Waals surface area contributed by atoms with E-state index < -0.39 is 5.97 Å². The molecule has 13 heavy (non-hydrogen) atoms. The average Bonchev–Trinajstić information content (AvgIpc) is 2.71. The highest BCUT2D eigenvalue weighted by Gasteiger charge is 2.50. The topological polar surface area (TPSA) is 37.3 Å². The molecule has 2 saturated carbocycles. The molecule has 74 valence electrons. The Labute approximate surface area is 79.3 Å². The molecule has 0 aromatic carbocycles.